The highest BCUT2D eigenvalue weighted by Gasteiger charge is 2.03. The number of nitrogens with zero attached hydrogens (tertiary/aromatic N) is 1. The molecule has 0 saturated heterocycles. The second-order valence-corrected chi connectivity index (χ2v) is 5.54. The molecule has 0 radical (unpaired) electrons. The third-order valence-corrected chi connectivity index (χ3v) is 3.21. The van der Waals surface area contributed by atoms with E-state index < -0.39 is 10.1 Å². The van der Waals surface area contributed by atoms with Crippen molar-refractivity contribution in [3.63, 3.8) is 0 Å². The van der Waals surface area contributed by atoms with Gasteiger partial charge in [-0.05, 0) is 7.05 Å². The first-order chi connectivity index (χ1) is 3.48. The number of hydrogen-bond acceptors (Lipinski definition) is 1. The van der Waals surface area contributed by atoms with Crippen molar-refractivity contribution in [2.45, 2.75) is 6.92 Å². The number of rotatable bonds is 2. The van der Waals surface area contributed by atoms with Gasteiger partial charge in [-0.25, -0.2) is 0 Å². The van der Waals surface area contributed by atoms with Crippen LogP contribution in [0.25, 0.3) is 0 Å². The van der Waals surface area contributed by atoms with Gasteiger partial charge in [0.25, 0.3) is 0 Å². The summed E-state index contributed by atoms with van der Waals surface area (Å²) in [5.41, 5.74) is 0. The van der Waals surface area contributed by atoms with E-state index in [2.05, 4.69) is 0 Å². The van der Waals surface area contributed by atoms with Crippen LogP contribution in [0.1, 0.15) is 6.92 Å². The average molecular weight is 137 g/mol. The van der Waals surface area contributed by atoms with Gasteiger partial charge >= 0.3 is 0 Å². The van der Waals surface area contributed by atoms with Crippen molar-refractivity contribution in [2.75, 3.05) is 26.1 Å². The lowest BCUT2D eigenvalue weighted by Gasteiger charge is -2.23. The fraction of sp³-hybridized carbons (Fsp3) is 1.00. The standard InChI is InChI=1S/C5H15NOS/c1-5-6(2)8(3,4)7/h8H,5H2,1-4H3. The smallest absolute Gasteiger partial charge is 0.00619 e. The highest BCUT2D eigenvalue weighted by atomic mass is 32.3. The summed E-state index contributed by atoms with van der Waals surface area (Å²) in [6.45, 7) is 2.87. The van der Waals surface area contributed by atoms with Gasteiger partial charge in [-0.3, -0.25) is 8.51 Å². The molecule has 0 fully saturated rings. The normalized spacial score (nSPS) is 14.6. The Morgan fingerprint density at radius 1 is 1.50 bits per heavy atom. The van der Waals surface area contributed by atoms with E-state index in [9.17, 15) is 4.21 Å². The molecular weight excluding hydrogens is 122 g/mol. The minimum Gasteiger partial charge on any atom is -0.272 e. The van der Waals surface area contributed by atoms with E-state index in [0.29, 0.717) is 0 Å². The molecule has 0 rings (SSSR count). The fourth-order valence-corrected chi connectivity index (χ4v) is 1.02. The highest BCUT2D eigenvalue weighted by molar-refractivity contribution is 7.99. The van der Waals surface area contributed by atoms with Crippen molar-refractivity contribution in [3.05, 3.63) is 0 Å². The van der Waals surface area contributed by atoms with Crippen molar-refractivity contribution >= 4 is 10.1 Å². The van der Waals surface area contributed by atoms with Crippen LogP contribution >= 0.6 is 0 Å². The van der Waals surface area contributed by atoms with Crippen molar-refractivity contribution in [1.82, 2.24) is 4.31 Å². The molecule has 0 bridgehead atoms. The van der Waals surface area contributed by atoms with Gasteiger partial charge in [0.15, 0.2) is 0 Å². The second kappa shape index (κ2) is 2.60. The summed E-state index contributed by atoms with van der Waals surface area (Å²) in [4.78, 5) is 0. The van der Waals surface area contributed by atoms with Crippen molar-refractivity contribution < 1.29 is 4.21 Å². The Morgan fingerprint density at radius 2 is 1.88 bits per heavy atom. The molecule has 3 heteroatoms. The van der Waals surface area contributed by atoms with Crippen LogP contribution in [0.4, 0.5) is 0 Å². The van der Waals surface area contributed by atoms with Crippen LogP contribution < -0.4 is 0 Å². The van der Waals surface area contributed by atoms with Crippen molar-refractivity contribution in [1.29, 1.82) is 0 Å². The Balaban J connectivity index is 3.82. The van der Waals surface area contributed by atoms with Crippen LogP contribution in [0.3, 0.4) is 0 Å². The van der Waals surface area contributed by atoms with Crippen LogP contribution in [0.2, 0.25) is 0 Å². The predicted molar refractivity (Wildman–Crippen MR) is 39.7 cm³/mol. The number of thiol groups is 1. The first-order valence-corrected chi connectivity index (χ1v) is 5.30. The summed E-state index contributed by atoms with van der Waals surface area (Å²) >= 11 is 0. The van der Waals surface area contributed by atoms with Gasteiger partial charge in [0.1, 0.15) is 0 Å². The molecular formula is C5H15NOS. The molecule has 0 aliphatic heterocycles. The third-order valence-electron chi connectivity index (χ3n) is 1.28. The van der Waals surface area contributed by atoms with Crippen LogP contribution in [0.5, 0.6) is 0 Å². The highest BCUT2D eigenvalue weighted by Crippen LogP contribution is 1.97. The first-order valence-electron chi connectivity index (χ1n) is 2.75. The minimum atomic E-state index is -1.92. The SMILES string of the molecule is CCN(C)[SH](C)(C)=O. The second-order valence-electron chi connectivity index (χ2n) is 2.27. The maximum Gasteiger partial charge on any atom is 0.00619 e. The van der Waals surface area contributed by atoms with Crippen molar-refractivity contribution in [3.8, 4) is 0 Å². The molecule has 0 heterocycles. The molecule has 0 spiro atoms. The number of hydrogen-bond donors (Lipinski definition) is 1. The van der Waals surface area contributed by atoms with E-state index in [1.807, 2.05) is 18.3 Å². The molecule has 0 atom stereocenters. The predicted octanol–water partition coefficient (Wildman–Crippen LogP) is 0.129. The summed E-state index contributed by atoms with van der Waals surface area (Å²) in [6.07, 6.45) is 3.55. The van der Waals surface area contributed by atoms with Crippen LogP contribution in [-0.2, 0) is 10.1 Å². The molecule has 0 amide bonds. The van der Waals surface area contributed by atoms with Crippen molar-refractivity contribution in [2.24, 2.45) is 0 Å². The molecule has 0 N–H and O–H groups in total. The Hall–Kier alpha value is 0.110. The molecule has 0 unspecified atom stereocenters. The zero-order valence-corrected chi connectivity index (χ0v) is 6.90. The van der Waals surface area contributed by atoms with E-state index in [-0.39, 0.29) is 0 Å². The Kier molecular flexibility index (Phi) is 2.63. The zero-order valence-electron chi connectivity index (χ0n) is 6.01. The largest absolute Gasteiger partial charge is 0.272 e. The lowest BCUT2D eigenvalue weighted by Crippen LogP contribution is -2.30. The Morgan fingerprint density at radius 3 is 1.88 bits per heavy atom. The monoisotopic (exact) mass is 137 g/mol. The van der Waals surface area contributed by atoms with Gasteiger partial charge in [0.05, 0.1) is 0 Å². The van der Waals surface area contributed by atoms with Crippen LogP contribution in [0.15, 0.2) is 0 Å². The molecule has 8 heavy (non-hydrogen) atoms. The van der Waals surface area contributed by atoms with E-state index in [0.717, 1.165) is 6.54 Å². The topological polar surface area (TPSA) is 20.3 Å². The maximum absolute atomic E-state index is 11.1. The molecule has 0 saturated carbocycles. The van der Waals surface area contributed by atoms with E-state index in [4.69, 9.17) is 0 Å². The van der Waals surface area contributed by atoms with Gasteiger partial charge in [0.2, 0.25) is 0 Å². The lowest BCUT2D eigenvalue weighted by atomic mass is 10.8. The minimum absolute atomic E-state index is 0.865. The summed E-state index contributed by atoms with van der Waals surface area (Å²) in [7, 11) is -0.0476. The first kappa shape index (κ1) is 8.11. The molecule has 0 aliphatic carbocycles. The Labute approximate surface area is 52.4 Å². The molecule has 52 valence electrons. The third kappa shape index (κ3) is 2.43. The van der Waals surface area contributed by atoms with E-state index in [1.165, 1.54) is 0 Å². The summed E-state index contributed by atoms with van der Waals surface area (Å²) in [6, 6.07) is 0. The fourth-order valence-electron chi connectivity index (χ4n) is 0.341. The molecule has 0 aromatic carbocycles. The van der Waals surface area contributed by atoms with Crippen LogP contribution in [-0.4, -0.2) is 34.6 Å². The van der Waals surface area contributed by atoms with Gasteiger partial charge < -0.3 is 0 Å². The quantitative estimate of drug-likeness (QED) is 0.536. The van der Waals surface area contributed by atoms with E-state index in [1.54, 1.807) is 12.5 Å². The van der Waals surface area contributed by atoms with Crippen LogP contribution in [0, 0.1) is 0 Å². The maximum atomic E-state index is 11.1. The summed E-state index contributed by atoms with van der Waals surface area (Å²) in [5, 5.41) is 0. The lowest BCUT2D eigenvalue weighted by molar-refractivity contribution is 0.540. The molecule has 2 nitrogen and oxygen atoms in total. The Bertz CT molecular complexity index is 107. The van der Waals surface area contributed by atoms with Gasteiger partial charge in [-0.1, -0.05) is 17.0 Å². The molecule has 0 aromatic heterocycles. The molecule has 0 aliphatic rings. The van der Waals surface area contributed by atoms with E-state index >= 15 is 0 Å². The van der Waals surface area contributed by atoms with Gasteiger partial charge in [0, 0.05) is 19.1 Å². The average Bonchev–Trinajstić information content (AvgIpc) is 1.62. The van der Waals surface area contributed by atoms with Gasteiger partial charge in [-0.15, -0.1) is 0 Å². The molecule has 0 aromatic rings. The zero-order chi connectivity index (χ0) is 6.78. The summed E-state index contributed by atoms with van der Waals surface area (Å²) in [5.74, 6) is 0. The summed E-state index contributed by atoms with van der Waals surface area (Å²) < 4.78 is 12.9. The van der Waals surface area contributed by atoms with Gasteiger partial charge in [-0.2, -0.15) is 0 Å².